The molecule has 1 spiro atoms. The van der Waals surface area contributed by atoms with E-state index in [0.717, 1.165) is 50.5 Å². The Morgan fingerprint density at radius 3 is 2.81 bits per heavy atom. The lowest BCUT2D eigenvalue weighted by Gasteiger charge is -2.36. The van der Waals surface area contributed by atoms with Gasteiger partial charge in [0.25, 0.3) is 0 Å². The third-order valence-electron chi connectivity index (χ3n) is 5.46. The topological polar surface area (TPSA) is 68.2 Å². The van der Waals surface area contributed by atoms with Crippen LogP contribution in [0.2, 0.25) is 0 Å². The highest BCUT2D eigenvalue weighted by molar-refractivity contribution is 8.15. The number of nitrogens with zero attached hydrogens (tertiary/aromatic N) is 2. The van der Waals surface area contributed by atoms with Gasteiger partial charge in [-0.25, -0.2) is 0 Å². The third-order valence-corrected chi connectivity index (χ3v) is 6.96. The van der Waals surface area contributed by atoms with Crippen LogP contribution in [0.4, 0.5) is 0 Å². The van der Waals surface area contributed by atoms with E-state index in [1.165, 1.54) is 12.5 Å². The van der Waals surface area contributed by atoms with Gasteiger partial charge in [-0.2, -0.15) is 4.99 Å². The maximum Gasteiger partial charge on any atom is 0.314 e. The van der Waals surface area contributed by atoms with E-state index in [0.29, 0.717) is 0 Å². The molecule has 1 aliphatic carbocycles. The first kappa shape index (κ1) is 18.0. The first-order valence-corrected chi connectivity index (χ1v) is 10.3. The van der Waals surface area contributed by atoms with E-state index in [1.807, 2.05) is 13.8 Å². The van der Waals surface area contributed by atoms with Crippen LogP contribution in [-0.4, -0.2) is 57.9 Å². The summed E-state index contributed by atoms with van der Waals surface area (Å²) in [5.41, 5.74) is -0.660. The highest BCUT2D eigenvalue weighted by Gasteiger charge is 2.48. The molecular formula is C19H26N2O4S. The molecule has 4 aliphatic rings. The molecular weight excluding hydrogens is 352 g/mol. The van der Waals surface area contributed by atoms with Crippen molar-refractivity contribution in [2.45, 2.75) is 68.8 Å². The van der Waals surface area contributed by atoms with Crippen molar-refractivity contribution >= 4 is 28.6 Å². The van der Waals surface area contributed by atoms with Gasteiger partial charge in [0.2, 0.25) is 0 Å². The van der Waals surface area contributed by atoms with Crippen LogP contribution in [0.15, 0.2) is 16.8 Å². The first-order chi connectivity index (χ1) is 12.3. The summed E-state index contributed by atoms with van der Waals surface area (Å²) in [6.07, 6.45) is 7.52. The molecule has 1 atom stereocenters. The van der Waals surface area contributed by atoms with Crippen molar-refractivity contribution in [3.63, 3.8) is 0 Å². The normalized spacial score (nSPS) is 31.1. The fourth-order valence-electron chi connectivity index (χ4n) is 4.03. The van der Waals surface area contributed by atoms with E-state index >= 15 is 0 Å². The molecule has 3 aliphatic heterocycles. The lowest BCUT2D eigenvalue weighted by atomic mass is 9.84. The van der Waals surface area contributed by atoms with Crippen molar-refractivity contribution in [3.05, 3.63) is 11.8 Å². The molecule has 3 fully saturated rings. The van der Waals surface area contributed by atoms with Crippen molar-refractivity contribution in [1.29, 1.82) is 0 Å². The molecule has 6 nitrogen and oxygen atoms in total. The van der Waals surface area contributed by atoms with Crippen LogP contribution in [-0.2, 0) is 19.1 Å². The largest absolute Gasteiger partial charge is 0.481 e. The zero-order chi connectivity index (χ0) is 18.4. The van der Waals surface area contributed by atoms with Gasteiger partial charge in [0.15, 0.2) is 16.7 Å². The second-order valence-corrected chi connectivity index (χ2v) is 9.80. The Bertz CT molecular complexity index is 675. The van der Waals surface area contributed by atoms with Crippen LogP contribution in [0.5, 0.6) is 0 Å². The zero-order valence-electron chi connectivity index (χ0n) is 15.5. The number of hydrogen-bond donors (Lipinski definition) is 0. The maximum absolute atomic E-state index is 12.7. The predicted octanol–water partition coefficient (Wildman–Crippen LogP) is 2.67. The molecule has 3 heterocycles. The van der Waals surface area contributed by atoms with E-state index in [4.69, 9.17) is 9.47 Å². The highest BCUT2D eigenvalue weighted by atomic mass is 32.2. The van der Waals surface area contributed by atoms with Crippen molar-refractivity contribution in [2.75, 3.05) is 19.7 Å². The number of amidine groups is 1. The number of ketones is 1. The van der Waals surface area contributed by atoms with Crippen LogP contribution >= 0.6 is 11.8 Å². The van der Waals surface area contributed by atoms with Crippen LogP contribution in [0, 0.1) is 0 Å². The van der Waals surface area contributed by atoms with Crippen LogP contribution in [0.1, 0.15) is 52.4 Å². The number of hydrogen-bond acceptors (Lipinski definition) is 5. The van der Waals surface area contributed by atoms with Crippen LogP contribution in [0.3, 0.4) is 0 Å². The summed E-state index contributed by atoms with van der Waals surface area (Å²) in [7, 11) is 0. The van der Waals surface area contributed by atoms with Gasteiger partial charge in [-0.05, 0) is 39.5 Å². The fourth-order valence-corrected chi connectivity index (χ4v) is 5.53. The summed E-state index contributed by atoms with van der Waals surface area (Å²) < 4.78 is 11.7. The third kappa shape index (κ3) is 3.69. The second-order valence-electron chi connectivity index (χ2n) is 8.37. The Labute approximate surface area is 158 Å². The van der Waals surface area contributed by atoms with E-state index in [1.54, 1.807) is 11.8 Å². The van der Waals surface area contributed by atoms with Gasteiger partial charge in [0.05, 0.1) is 6.10 Å². The summed E-state index contributed by atoms with van der Waals surface area (Å²) in [4.78, 5) is 31.1. The number of carbonyl (C=O) groups excluding carboxylic acids is 2. The molecule has 2 saturated heterocycles. The van der Waals surface area contributed by atoms with E-state index in [9.17, 15) is 9.59 Å². The lowest BCUT2D eigenvalue weighted by molar-refractivity contribution is -0.129. The molecule has 0 radical (unpaired) electrons. The molecule has 7 heteroatoms. The van der Waals surface area contributed by atoms with E-state index in [-0.39, 0.29) is 28.8 Å². The second kappa shape index (κ2) is 6.68. The summed E-state index contributed by atoms with van der Waals surface area (Å²) in [6, 6.07) is 0. The Morgan fingerprint density at radius 2 is 2.19 bits per heavy atom. The van der Waals surface area contributed by atoms with Gasteiger partial charge in [0, 0.05) is 36.9 Å². The number of ether oxygens (including phenoxy) is 2. The van der Waals surface area contributed by atoms with Gasteiger partial charge < -0.3 is 14.4 Å². The van der Waals surface area contributed by atoms with Gasteiger partial charge >= 0.3 is 5.91 Å². The monoisotopic (exact) mass is 378 g/mol. The molecule has 0 aromatic carbocycles. The molecule has 1 saturated carbocycles. The fraction of sp³-hybridized carbons (Fsp3) is 0.737. The van der Waals surface area contributed by atoms with Crippen molar-refractivity contribution in [3.8, 4) is 0 Å². The maximum atomic E-state index is 12.7. The molecule has 0 bridgehead atoms. The molecule has 1 amide bonds. The molecule has 142 valence electrons. The summed E-state index contributed by atoms with van der Waals surface area (Å²) in [5, 5.41) is 0.755. The molecule has 26 heavy (non-hydrogen) atoms. The Balaban J connectivity index is 1.52. The standard InChI is InChI=1S/C19H26N2O4S/c1-18(2)10-13(22)9-15(25-18)16(23)20-17-21(11-14-5-3-8-24-14)12-19(26-17)6-4-7-19/h9,14H,3-8,10-12H2,1-2H3/b20-17-/t14-/m1/s1. The van der Waals surface area contributed by atoms with Crippen molar-refractivity contribution in [1.82, 2.24) is 4.90 Å². The number of rotatable bonds is 3. The van der Waals surface area contributed by atoms with Crippen LogP contribution < -0.4 is 0 Å². The molecule has 4 rings (SSSR count). The Hall–Kier alpha value is -1.34. The molecule has 0 aromatic rings. The van der Waals surface area contributed by atoms with Crippen molar-refractivity contribution in [2.24, 2.45) is 4.99 Å². The average Bonchev–Trinajstić information content (AvgIpc) is 3.13. The molecule has 0 aromatic heterocycles. The quantitative estimate of drug-likeness (QED) is 0.752. The number of thioether (sulfide) groups is 1. The zero-order valence-corrected chi connectivity index (χ0v) is 16.3. The number of carbonyl (C=O) groups is 2. The summed E-state index contributed by atoms with van der Waals surface area (Å²) in [5.74, 6) is -0.483. The van der Waals surface area contributed by atoms with Crippen molar-refractivity contribution < 1.29 is 19.1 Å². The number of amides is 1. The lowest BCUT2D eigenvalue weighted by Crippen LogP contribution is -2.40. The summed E-state index contributed by atoms with van der Waals surface area (Å²) >= 11 is 1.72. The van der Waals surface area contributed by atoms with E-state index < -0.39 is 11.5 Å². The van der Waals surface area contributed by atoms with Gasteiger partial charge in [0.1, 0.15) is 5.60 Å². The Morgan fingerprint density at radius 1 is 1.38 bits per heavy atom. The minimum Gasteiger partial charge on any atom is -0.481 e. The Kier molecular flexibility index (Phi) is 4.63. The van der Waals surface area contributed by atoms with Gasteiger partial charge in [-0.15, -0.1) is 0 Å². The van der Waals surface area contributed by atoms with Gasteiger partial charge in [-0.3, -0.25) is 9.59 Å². The van der Waals surface area contributed by atoms with E-state index in [2.05, 4.69) is 9.89 Å². The minimum absolute atomic E-state index is 0.0611. The highest BCUT2D eigenvalue weighted by Crippen LogP contribution is 2.50. The predicted molar refractivity (Wildman–Crippen MR) is 100 cm³/mol. The minimum atomic E-state index is -0.660. The smallest absolute Gasteiger partial charge is 0.314 e. The average molecular weight is 378 g/mol. The van der Waals surface area contributed by atoms with Crippen LogP contribution in [0.25, 0.3) is 0 Å². The number of allylic oxidation sites excluding steroid dienone is 1. The summed E-state index contributed by atoms with van der Waals surface area (Å²) in [6.45, 7) is 6.16. The molecule has 0 N–H and O–H groups in total. The first-order valence-electron chi connectivity index (χ1n) is 9.46. The number of aliphatic imine (C=N–C) groups is 1. The SMILES string of the molecule is CC1(C)CC(=O)C=C(C(=O)/N=C2\SC3(CCC3)CN2C[C@H]2CCCO2)O1. The molecule has 0 unspecified atom stereocenters. The van der Waals surface area contributed by atoms with Gasteiger partial charge in [-0.1, -0.05) is 18.2 Å².